The number of amides is 2. The van der Waals surface area contributed by atoms with Gasteiger partial charge in [0, 0.05) is 12.1 Å². The Morgan fingerprint density at radius 2 is 1.95 bits per heavy atom. The third-order valence-corrected chi connectivity index (χ3v) is 3.93. The molecule has 0 aromatic rings. The van der Waals surface area contributed by atoms with Crippen LogP contribution in [-0.4, -0.2) is 29.2 Å². The Morgan fingerprint density at radius 1 is 1.26 bits per heavy atom. The second-order valence-electron chi connectivity index (χ2n) is 5.54. The van der Waals surface area contributed by atoms with Crippen molar-refractivity contribution in [1.29, 1.82) is 0 Å². The summed E-state index contributed by atoms with van der Waals surface area (Å²) in [6, 6.07) is -0.310. The number of carbonyl (C=O) groups excluding carboxylic acids is 1. The van der Waals surface area contributed by atoms with Gasteiger partial charge in [0.2, 0.25) is 0 Å². The van der Waals surface area contributed by atoms with Crippen molar-refractivity contribution in [2.75, 3.05) is 0 Å². The van der Waals surface area contributed by atoms with Gasteiger partial charge in [0.1, 0.15) is 0 Å². The van der Waals surface area contributed by atoms with Crippen molar-refractivity contribution in [3.05, 3.63) is 0 Å². The molecule has 2 amide bonds. The van der Waals surface area contributed by atoms with E-state index >= 15 is 0 Å². The molecule has 110 valence electrons. The molecule has 19 heavy (non-hydrogen) atoms. The van der Waals surface area contributed by atoms with Gasteiger partial charge in [0.15, 0.2) is 0 Å². The van der Waals surface area contributed by atoms with E-state index in [-0.39, 0.29) is 24.5 Å². The van der Waals surface area contributed by atoms with Crippen molar-refractivity contribution >= 4 is 12.0 Å². The largest absolute Gasteiger partial charge is 0.481 e. The van der Waals surface area contributed by atoms with E-state index in [2.05, 4.69) is 17.6 Å². The van der Waals surface area contributed by atoms with E-state index < -0.39 is 5.97 Å². The Kier molecular flexibility index (Phi) is 6.67. The Balaban J connectivity index is 2.41. The van der Waals surface area contributed by atoms with Gasteiger partial charge in [-0.2, -0.15) is 0 Å². The molecule has 0 heterocycles. The minimum Gasteiger partial charge on any atom is -0.481 e. The van der Waals surface area contributed by atoms with Gasteiger partial charge in [-0.05, 0) is 25.2 Å². The Hall–Kier alpha value is -1.26. The molecule has 1 rings (SSSR count). The van der Waals surface area contributed by atoms with Crippen LogP contribution in [0.4, 0.5) is 4.79 Å². The molecule has 1 fully saturated rings. The molecule has 0 aliphatic heterocycles. The van der Waals surface area contributed by atoms with Crippen LogP contribution in [-0.2, 0) is 4.79 Å². The summed E-state index contributed by atoms with van der Waals surface area (Å²) in [7, 11) is 0. The maximum atomic E-state index is 11.9. The van der Waals surface area contributed by atoms with Crippen LogP contribution < -0.4 is 10.6 Å². The van der Waals surface area contributed by atoms with Crippen molar-refractivity contribution in [2.24, 2.45) is 5.92 Å². The summed E-state index contributed by atoms with van der Waals surface area (Å²) in [5, 5.41) is 14.5. The summed E-state index contributed by atoms with van der Waals surface area (Å²) < 4.78 is 0. The smallest absolute Gasteiger partial charge is 0.315 e. The van der Waals surface area contributed by atoms with Gasteiger partial charge >= 0.3 is 12.0 Å². The molecule has 0 radical (unpaired) electrons. The van der Waals surface area contributed by atoms with Gasteiger partial charge < -0.3 is 15.7 Å². The van der Waals surface area contributed by atoms with Crippen molar-refractivity contribution in [3.63, 3.8) is 0 Å². The summed E-state index contributed by atoms with van der Waals surface area (Å²) in [5.74, 6) is -0.386. The van der Waals surface area contributed by atoms with E-state index in [4.69, 9.17) is 5.11 Å². The Labute approximate surface area is 115 Å². The third-order valence-electron chi connectivity index (χ3n) is 3.93. The molecule has 0 aromatic carbocycles. The maximum absolute atomic E-state index is 11.9. The van der Waals surface area contributed by atoms with Crippen LogP contribution in [0.3, 0.4) is 0 Å². The zero-order valence-electron chi connectivity index (χ0n) is 11.9. The third kappa shape index (κ3) is 5.94. The Bertz CT molecular complexity index is 307. The lowest BCUT2D eigenvalue weighted by atomic mass is 9.97. The number of hydrogen-bond donors (Lipinski definition) is 3. The first-order chi connectivity index (χ1) is 9.02. The van der Waals surface area contributed by atoms with E-state index in [0.717, 1.165) is 19.3 Å². The summed E-state index contributed by atoms with van der Waals surface area (Å²) >= 11 is 0. The predicted molar refractivity (Wildman–Crippen MR) is 74.0 cm³/mol. The van der Waals surface area contributed by atoms with E-state index in [9.17, 15) is 9.59 Å². The minimum absolute atomic E-state index is 0.0237. The molecule has 1 saturated carbocycles. The van der Waals surface area contributed by atoms with Crippen molar-refractivity contribution < 1.29 is 14.7 Å². The number of carboxylic acid groups (broad SMARTS) is 1. The van der Waals surface area contributed by atoms with Crippen LogP contribution in [0.25, 0.3) is 0 Å². The summed E-state index contributed by atoms with van der Waals surface area (Å²) in [5.41, 5.74) is 0. The van der Waals surface area contributed by atoms with E-state index in [1.165, 1.54) is 12.8 Å². The molecule has 0 spiro atoms. The zero-order chi connectivity index (χ0) is 14.3. The fourth-order valence-corrected chi connectivity index (χ4v) is 2.61. The van der Waals surface area contributed by atoms with E-state index in [0.29, 0.717) is 12.3 Å². The normalized spacial score (nSPS) is 25.2. The number of nitrogens with one attached hydrogen (secondary N) is 2. The first-order valence-corrected chi connectivity index (χ1v) is 7.31. The second kappa shape index (κ2) is 8.02. The standard InChI is InChI=1S/C14H26N2O3/c1-3-11(9-13(17)18)15-14(19)16-12-8-6-4-5-7-10(12)2/h10-12H,3-9H2,1-2H3,(H,17,18)(H2,15,16,19). The average Bonchev–Trinajstić information content (AvgIpc) is 2.53. The molecule has 1 aliphatic rings. The van der Waals surface area contributed by atoms with Crippen molar-refractivity contribution in [2.45, 2.75) is 70.9 Å². The molecular formula is C14H26N2O3. The average molecular weight is 270 g/mol. The number of carboxylic acids is 1. The van der Waals surface area contributed by atoms with Crippen LogP contribution in [0.2, 0.25) is 0 Å². The van der Waals surface area contributed by atoms with Gasteiger partial charge in [-0.25, -0.2) is 4.79 Å². The van der Waals surface area contributed by atoms with Gasteiger partial charge in [-0.15, -0.1) is 0 Å². The fraction of sp³-hybridized carbons (Fsp3) is 0.857. The van der Waals surface area contributed by atoms with E-state index in [1.807, 2.05) is 6.92 Å². The van der Waals surface area contributed by atoms with Crippen molar-refractivity contribution in [3.8, 4) is 0 Å². The first-order valence-electron chi connectivity index (χ1n) is 7.31. The van der Waals surface area contributed by atoms with Gasteiger partial charge in [0.05, 0.1) is 6.42 Å². The summed E-state index contributed by atoms with van der Waals surface area (Å²) in [6.45, 7) is 4.05. The van der Waals surface area contributed by atoms with Crippen LogP contribution in [0.15, 0.2) is 0 Å². The highest BCUT2D eigenvalue weighted by Gasteiger charge is 2.22. The quantitative estimate of drug-likeness (QED) is 0.672. The molecule has 0 aromatic heterocycles. The highest BCUT2D eigenvalue weighted by molar-refractivity contribution is 5.76. The van der Waals surface area contributed by atoms with Crippen LogP contribution in [0.1, 0.15) is 58.8 Å². The summed E-state index contributed by atoms with van der Waals surface area (Å²) in [6.07, 6.45) is 6.39. The molecular weight excluding hydrogens is 244 g/mol. The molecule has 0 bridgehead atoms. The highest BCUT2D eigenvalue weighted by atomic mass is 16.4. The van der Waals surface area contributed by atoms with Crippen molar-refractivity contribution in [1.82, 2.24) is 10.6 Å². The number of aliphatic carboxylic acids is 1. The first kappa shape index (κ1) is 15.8. The van der Waals surface area contributed by atoms with Gasteiger partial charge in [0.25, 0.3) is 0 Å². The van der Waals surface area contributed by atoms with Gasteiger partial charge in [-0.1, -0.05) is 33.1 Å². The second-order valence-corrected chi connectivity index (χ2v) is 5.54. The number of rotatable bonds is 5. The fourth-order valence-electron chi connectivity index (χ4n) is 2.61. The molecule has 3 atom stereocenters. The highest BCUT2D eigenvalue weighted by Crippen LogP contribution is 2.22. The minimum atomic E-state index is -0.880. The van der Waals surface area contributed by atoms with Crippen LogP contribution in [0.5, 0.6) is 0 Å². The molecule has 5 nitrogen and oxygen atoms in total. The maximum Gasteiger partial charge on any atom is 0.315 e. The topological polar surface area (TPSA) is 78.4 Å². The molecule has 3 N–H and O–H groups in total. The van der Waals surface area contributed by atoms with Gasteiger partial charge in [-0.3, -0.25) is 4.79 Å². The number of carbonyl (C=O) groups is 2. The SMILES string of the molecule is CCC(CC(=O)O)NC(=O)NC1CCCCCC1C. The number of hydrogen-bond acceptors (Lipinski definition) is 2. The molecule has 3 unspecified atom stereocenters. The zero-order valence-corrected chi connectivity index (χ0v) is 11.9. The lowest BCUT2D eigenvalue weighted by molar-refractivity contribution is -0.137. The molecule has 0 saturated heterocycles. The predicted octanol–water partition coefficient (Wildman–Crippen LogP) is 2.51. The lowest BCUT2D eigenvalue weighted by Gasteiger charge is -2.24. The number of urea groups is 1. The molecule has 5 heteroatoms. The molecule has 1 aliphatic carbocycles. The lowest BCUT2D eigenvalue weighted by Crippen LogP contribution is -2.48. The Morgan fingerprint density at radius 3 is 2.58 bits per heavy atom. The van der Waals surface area contributed by atoms with E-state index in [1.54, 1.807) is 0 Å². The van der Waals surface area contributed by atoms with Crippen LogP contribution >= 0.6 is 0 Å². The monoisotopic (exact) mass is 270 g/mol. The van der Waals surface area contributed by atoms with Crippen LogP contribution in [0, 0.1) is 5.92 Å². The summed E-state index contributed by atoms with van der Waals surface area (Å²) in [4.78, 5) is 22.6.